The molecule has 0 spiro atoms. The Morgan fingerprint density at radius 2 is 1.73 bits per heavy atom. The molecule has 1 unspecified atom stereocenters. The van der Waals surface area contributed by atoms with Gasteiger partial charge >= 0.3 is 0 Å². The van der Waals surface area contributed by atoms with E-state index in [1.165, 1.54) is 22.3 Å². The Morgan fingerprint density at radius 1 is 0.970 bits per heavy atom. The average Bonchev–Trinajstić information content (AvgIpc) is 2.81. The fraction of sp³-hybridized carbons (Fsp3) is 0.345. The van der Waals surface area contributed by atoms with Gasteiger partial charge in [-0.25, -0.2) is 0 Å². The van der Waals surface area contributed by atoms with Crippen LogP contribution in [0.4, 0.5) is 0 Å². The minimum atomic E-state index is 0.161. The monoisotopic (exact) mass is 462 g/mol. The maximum absolute atomic E-state index is 6.28. The summed E-state index contributed by atoms with van der Waals surface area (Å²) in [5.74, 6) is 0.161. The largest absolute Gasteiger partial charge is 0.395 e. The number of benzene rings is 3. The van der Waals surface area contributed by atoms with Gasteiger partial charge in [-0.15, -0.1) is 0 Å². The molecule has 0 bridgehead atoms. The summed E-state index contributed by atoms with van der Waals surface area (Å²) in [6, 6.07) is 23.2. The number of rotatable bonds is 11. The molecular formula is C29H35ClN2O. The summed E-state index contributed by atoms with van der Waals surface area (Å²) in [4.78, 5) is 5.87. The van der Waals surface area contributed by atoms with Crippen LogP contribution in [-0.4, -0.2) is 18.9 Å². The molecule has 33 heavy (non-hydrogen) atoms. The highest BCUT2D eigenvalue weighted by atomic mass is 35.5. The molecule has 174 valence electrons. The number of aryl methyl sites for hydroxylation is 2. The van der Waals surface area contributed by atoms with E-state index < -0.39 is 0 Å². The first kappa shape index (κ1) is 25.0. The molecule has 0 saturated carbocycles. The van der Waals surface area contributed by atoms with Crippen molar-refractivity contribution in [2.24, 2.45) is 5.16 Å². The minimum Gasteiger partial charge on any atom is -0.395 e. The van der Waals surface area contributed by atoms with Gasteiger partial charge in [0.2, 0.25) is 0 Å². The van der Waals surface area contributed by atoms with E-state index in [1.54, 1.807) is 0 Å². The average molecular weight is 463 g/mol. The number of nitrogens with zero attached hydrogens (tertiary/aromatic N) is 1. The topological polar surface area (TPSA) is 33.6 Å². The van der Waals surface area contributed by atoms with Crippen molar-refractivity contribution in [1.82, 2.24) is 5.32 Å². The molecular weight excluding hydrogens is 428 g/mol. The number of nitrogens with one attached hydrogen (secondary N) is 1. The van der Waals surface area contributed by atoms with Crippen LogP contribution in [0.5, 0.6) is 0 Å². The van der Waals surface area contributed by atoms with Gasteiger partial charge in [-0.2, -0.15) is 0 Å². The Kier molecular flexibility index (Phi) is 9.53. The van der Waals surface area contributed by atoms with Gasteiger partial charge in [0.1, 0.15) is 6.61 Å². The van der Waals surface area contributed by atoms with Crippen molar-refractivity contribution in [3.8, 4) is 0 Å². The van der Waals surface area contributed by atoms with Gasteiger partial charge < -0.3 is 10.2 Å². The lowest BCUT2D eigenvalue weighted by molar-refractivity contribution is 0.128. The first-order valence-corrected chi connectivity index (χ1v) is 12.1. The zero-order chi connectivity index (χ0) is 23.6. The van der Waals surface area contributed by atoms with Crippen molar-refractivity contribution in [2.75, 3.05) is 13.2 Å². The molecule has 0 heterocycles. The lowest BCUT2D eigenvalue weighted by Gasteiger charge is -2.18. The molecule has 1 atom stereocenters. The van der Waals surface area contributed by atoms with E-state index in [0.717, 1.165) is 47.8 Å². The zero-order valence-electron chi connectivity index (χ0n) is 20.2. The van der Waals surface area contributed by atoms with E-state index in [1.807, 2.05) is 25.1 Å². The standard InChI is InChI=1S/C29H35ClN2O/c1-5-15-31-19-24-11-13-26(14-12-24)23(4)32-33-20-28(27-7-6-8-29(30)18-27)17-25-10-9-21(2)22(3)16-25/h6-14,16,18,28,31H,5,15,17,19-20H2,1-4H3/b32-23+. The van der Waals surface area contributed by atoms with Crippen molar-refractivity contribution >= 4 is 17.3 Å². The summed E-state index contributed by atoms with van der Waals surface area (Å²) in [5, 5.41) is 8.60. The van der Waals surface area contributed by atoms with Crippen molar-refractivity contribution in [3.05, 3.63) is 105 Å². The molecule has 3 aromatic rings. The predicted octanol–water partition coefficient (Wildman–Crippen LogP) is 7.22. The molecule has 0 saturated heterocycles. The van der Waals surface area contributed by atoms with Crippen LogP contribution in [0.1, 0.15) is 59.6 Å². The van der Waals surface area contributed by atoms with E-state index in [4.69, 9.17) is 16.4 Å². The van der Waals surface area contributed by atoms with Crippen LogP contribution in [0.3, 0.4) is 0 Å². The maximum Gasteiger partial charge on any atom is 0.124 e. The zero-order valence-corrected chi connectivity index (χ0v) is 21.0. The maximum atomic E-state index is 6.28. The lowest BCUT2D eigenvalue weighted by Crippen LogP contribution is -2.13. The van der Waals surface area contributed by atoms with Gasteiger partial charge in [0.15, 0.2) is 0 Å². The van der Waals surface area contributed by atoms with Crippen LogP contribution < -0.4 is 5.32 Å². The number of halogens is 1. The minimum absolute atomic E-state index is 0.161. The second kappa shape index (κ2) is 12.6. The number of hydrogen-bond acceptors (Lipinski definition) is 3. The van der Waals surface area contributed by atoms with Crippen LogP contribution in [0.15, 0.2) is 71.9 Å². The van der Waals surface area contributed by atoms with Gasteiger partial charge in [0.25, 0.3) is 0 Å². The Labute approximate surface area is 203 Å². The van der Waals surface area contributed by atoms with Crippen LogP contribution in [0, 0.1) is 13.8 Å². The summed E-state index contributed by atoms with van der Waals surface area (Å²) in [5.41, 5.74) is 8.29. The number of hydrogen-bond donors (Lipinski definition) is 1. The third-order valence-corrected chi connectivity index (χ3v) is 6.21. The highest BCUT2D eigenvalue weighted by Crippen LogP contribution is 2.25. The van der Waals surface area contributed by atoms with Crippen molar-refractivity contribution in [2.45, 2.75) is 53.0 Å². The molecule has 0 aliphatic heterocycles. The summed E-state index contributed by atoms with van der Waals surface area (Å²) in [6.45, 7) is 10.9. The van der Waals surface area contributed by atoms with Gasteiger partial charge in [0, 0.05) is 17.5 Å². The highest BCUT2D eigenvalue weighted by Gasteiger charge is 2.15. The van der Waals surface area contributed by atoms with Crippen LogP contribution in [0.25, 0.3) is 0 Å². The molecule has 0 aromatic heterocycles. The Hall–Kier alpha value is -2.62. The SMILES string of the molecule is CCCNCc1ccc(/C(C)=N/OCC(Cc2ccc(C)c(C)c2)c2cccc(Cl)c2)cc1. The highest BCUT2D eigenvalue weighted by molar-refractivity contribution is 6.30. The third kappa shape index (κ3) is 7.73. The van der Waals surface area contributed by atoms with Gasteiger partial charge in [-0.05, 0) is 85.7 Å². The van der Waals surface area contributed by atoms with E-state index >= 15 is 0 Å². The Morgan fingerprint density at radius 3 is 2.42 bits per heavy atom. The fourth-order valence-corrected chi connectivity index (χ4v) is 4.00. The van der Waals surface area contributed by atoms with E-state index in [9.17, 15) is 0 Å². The Balaban J connectivity index is 1.68. The Bertz CT molecular complexity index is 1060. The predicted molar refractivity (Wildman–Crippen MR) is 140 cm³/mol. The molecule has 0 aliphatic rings. The van der Waals surface area contributed by atoms with Crippen molar-refractivity contribution in [3.63, 3.8) is 0 Å². The summed E-state index contributed by atoms with van der Waals surface area (Å²) in [7, 11) is 0. The molecule has 0 fully saturated rings. The molecule has 4 heteroatoms. The molecule has 3 aromatic carbocycles. The van der Waals surface area contributed by atoms with Crippen LogP contribution in [-0.2, 0) is 17.8 Å². The molecule has 0 radical (unpaired) electrons. The molecule has 3 rings (SSSR count). The van der Waals surface area contributed by atoms with E-state index in [2.05, 4.69) is 79.8 Å². The van der Waals surface area contributed by atoms with Crippen molar-refractivity contribution in [1.29, 1.82) is 0 Å². The lowest BCUT2D eigenvalue weighted by atomic mass is 9.91. The van der Waals surface area contributed by atoms with E-state index in [-0.39, 0.29) is 5.92 Å². The second-order valence-electron chi connectivity index (χ2n) is 8.72. The van der Waals surface area contributed by atoms with Crippen LogP contribution in [0.2, 0.25) is 5.02 Å². The molecule has 1 N–H and O–H groups in total. The normalized spacial score (nSPS) is 12.6. The first-order chi connectivity index (χ1) is 16.0. The van der Waals surface area contributed by atoms with Gasteiger partial charge in [-0.1, -0.05) is 78.3 Å². The summed E-state index contributed by atoms with van der Waals surface area (Å²) < 4.78 is 0. The molecule has 3 nitrogen and oxygen atoms in total. The smallest absolute Gasteiger partial charge is 0.124 e. The van der Waals surface area contributed by atoms with Gasteiger partial charge in [0.05, 0.1) is 5.71 Å². The van der Waals surface area contributed by atoms with Crippen LogP contribution >= 0.6 is 11.6 Å². The second-order valence-corrected chi connectivity index (χ2v) is 9.16. The quantitative estimate of drug-likeness (QED) is 0.185. The van der Waals surface area contributed by atoms with Gasteiger partial charge in [-0.3, -0.25) is 0 Å². The summed E-state index contributed by atoms with van der Waals surface area (Å²) in [6.07, 6.45) is 2.01. The number of oxime groups is 1. The molecule has 0 aliphatic carbocycles. The van der Waals surface area contributed by atoms with E-state index in [0.29, 0.717) is 6.61 Å². The molecule has 0 amide bonds. The van der Waals surface area contributed by atoms with Crippen molar-refractivity contribution < 1.29 is 4.84 Å². The fourth-order valence-electron chi connectivity index (χ4n) is 3.80. The first-order valence-electron chi connectivity index (χ1n) is 11.7. The third-order valence-electron chi connectivity index (χ3n) is 5.98. The summed E-state index contributed by atoms with van der Waals surface area (Å²) >= 11 is 6.28.